The van der Waals surface area contributed by atoms with Crippen LogP contribution in [0.2, 0.25) is 0 Å². The molecular formula is C50H42N4O. The van der Waals surface area contributed by atoms with Crippen LogP contribution in [0, 0.1) is 6.33 Å². The summed E-state index contributed by atoms with van der Waals surface area (Å²) in [5.41, 5.74) is 11.4. The van der Waals surface area contributed by atoms with Crippen molar-refractivity contribution in [2.75, 3.05) is 0 Å². The average Bonchev–Trinajstić information content (AvgIpc) is 3.84. The van der Waals surface area contributed by atoms with E-state index in [0.29, 0.717) is 0 Å². The molecule has 0 fully saturated rings. The molecule has 5 heteroatoms. The van der Waals surface area contributed by atoms with Crippen molar-refractivity contribution in [2.24, 2.45) is 0 Å². The Labute approximate surface area is 322 Å². The van der Waals surface area contributed by atoms with Gasteiger partial charge in [-0.25, -0.2) is 4.98 Å². The standard InChI is InChI=1S/C50H42N4O/c1-5-35-26-27-51-48(30-35)54-46-25-22-38(50(2,3)4)31-45(46)44-24-23-41(33-47(44)54)55-40-19-12-18-39(32-40)52-28-29-53(34-52)49-42(36-14-8-6-9-15-36)20-13-21-43(49)37-16-10-7-11-17-37/h6-33H,5H2,1-4H3. The second-order valence-electron chi connectivity index (χ2n) is 15.0. The molecule has 3 aromatic heterocycles. The SMILES string of the molecule is CCc1ccnc(-n2c3ccc(C(C)(C)C)cc3c3ccc(Oc4cccc(-n5[c-][n+](-c6c(-c7ccccc7)cccc6-c6ccccc6)cc5)c4)cc32)c1. The lowest BCUT2D eigenvalue weighted by Crippen LogP contribution is -2.30. The van der Waals surface area contributed by atoms with Crippen LogP contribution in [0.1, 0.15) is 38.8 Å². The van der Waals surface area contributed by atoms with Gasteiger partial charge in [0.05, 0.1) is 22.4 Å². The maximum absolute atomic E-state index is 6.64. The van der Waals surface area contributed by atoms with E-state index in [2.05, 4.69) is 189 Å². The minimum Gasteiger partial charge on any atom is -0.458 e. The lowest BCUT2D eigenvalue weighted by atomic mass is 9.86. The number of hydrogen-bond donors (Lipinski definition) is 0. The summed E-state index contributed by atoms with van der Waals surface area (Å²) in [4.78, 5) is 4.84. The van der Waals surface area contributed by atoms with Crippen LogP contribution >= 0.6 is 0 Å². The number of benzene rings is 6. The van der Waals surface area contributed by atoms with Gasteiger partial charge in [-0.1, -0.05) is 119 Å². The van der Waals surface area contributed by atoms with E-state index >= 15 is 0 Å². The Bertz CT molecular complexity index is 2750. The number of ether oxygens (including phenoxy) is 1. The van der Waals surface area contributed by atoms with Gasteiger partial charge < -0.3 is 4.74 Å². The van der Waals surface area contributed by atoms with Crippen LogP contribution in [-0.2, 0) is 11.8 Å². The predicted molar refractivity (Wildman–Crippen MR) is 224 cm³/mol. The third-order valence-corrected chi connectivity index (χ3v) is 10.4. The molecule has 268 valence electrons. The van der Waals surface area contributed by atoms with Crippen molar-refractivity contribution in [1.29, 1.82) is 0 Å². The zero-order chi connectivity index (χ0) is 37.5. The molecule has 0 spiro atoms. The normalized spacial score (nSPS) is 11.7. The summed E-state index contributed by atoms with van der Waals surface area (Å²) in [5, 5.41) is 2.38. The first-order chi connectivity index (χ1) is 26.8. The van der Waals surface area contributed by atoms with Crippen LogP contribution in [0.15, 0.2) is 170 Å². The van der Waals surface area contributed by atoms with Gasteiger partial charge in [0.1, 0.15) is 17.3 Å². The fourth-order valence-electron chi connectivity index (χ4n) is 7.50. The smallest absolute Gasteiger partial charge is 0.268 e. The maximum atomic E-state index is 6.64. The molecule has 9 rings (SSSR count). The van der Waals surface area contributed by atoms with Crippen molar-refractivity contribution in [3.05, 3.63) is 188 Å². The largest absolute Gasteiger partial charge is 0.458 e. The highest BCUT2D eigenvalue weighted by molar-refractivity contribution is 6.09. The Morgan fingerprint density at radius 1 is 0.655 bits per heavy atom. The lowest BCUT2D eigenvalue weighted by molar-refractivity contribution is -0.598. The van der Waals surface area contributed by atoms with Gasteiger partial charge in [-0.2, -0.15) is 0 Å². The van der Waals surface area contributed by atoms with Gasteiger partial charge in [0.2, 0.25) is 0 Å². The van der Waals surface area contributed by atoms with Gasteiger partial charge in [-0.05, 0) is 99.8 Å². The topological polar surface area (TPSA) is 35.9 Å². The molecule has 6 aromatic carbocycles. The molecule has 9 aromatic rings. The van der Waals surface area contributed by atoms with E-state index in [9.17, 15) is 0 Å². The minimum absolute atomic E-state index is 0.0307. The zero-order valence-electron chi connectivity index (χ0n) is 31.6. The Morgan fingerprint density at radius 2 is 1.36 bits per heavy atom. The molecule has 0 radical (unpaired) electrons. The Hall–Kier alpha value is -6.72. The number of nitrogens with zero attached hydrogens (tertiary/aromatic N) is 4. The van der Waals surface area contributed by atoms with Crippen LogP contribution < -0.4 is 9.30 Å². The number of hydrogen-bond acceptors (Lipinski definition) is 2. The molecule has 3 heterocycles. The van der Waals surface area contributed by atoms with Gasteiger partial charge in [0.15, 0.2) is 0 Å². The van der Waals surface area contributed by atoms with Crippen molar-refractivity contribution >= 4 is 21.8 Å². The molecule has 0 saturated heterocycles. The van der Waals surface area contributed by atoms with Crippen LogP contribution in [0.3, 0.4) is 0 Å². The first-order valence-electron chi connectivity index (χ1n) is 18.9. The first-order valence-corrected chi connectivity index (χ1v) is 18.9. The summed E-state index contributed by atoms with van der Waals surface area (Å²) < 4.78 is 13.0. The molecule has 5 nitrogen and oxygen atoms in total. The molecule has 0 atom stereocenters. The van der Waals surface area contributed by atoms with E-state index in [1.165, 1.54) is 21.9 Å². The highest BCUT2D eigenvalue weighted by atomic mass is 16.5. The van der Waals surface area contributed by atoms with E-state index in [1.807, 2.05) is 29.1 Å². The third-order valence-electron chi connectivity index (χ3n) is 10.4. The van der Waals surface area contributed by atoms with Crippen LogP contribution in [0.25, 0.3) is 61.3 Å². The van der Waals surface area contributed by atoms with E-state index in [1.54, 1.807) is 0 Å². The Morgan fingerprint density at radius 3 is 2.07 bits per heavy atom. The summed E-state index contributed by atoms with van der Waals surface area (Å²) in [7, 11) is 0. The van der Waals surface area contributed by atoms with Crippen LogP contribution in [0.4, 0.5) is 0 Å². The monoisotopic (exact) mass is 714 g/mol. The van der Waals surface area contributed by atoms with Crippen LogP contribution in [-0.4, -0.2) is 14.1 Å². The quantitative estimate of drug-likeness (QED) is 0.116. The van der Waals surface area contributed by atoms with E-state index < -0.39 is 0 Å². The van der Waals surface area contributed by atoms with Crippen LogP contribution in [0.5, 0.6) is 11.5 Å². The van der Waals surface area contributed by atoms with Crippen molar-refractivity contribution in [3.8, 4) is 50.9 Å². The number of aryl methyl sites for hydroxylation is 1. The maximum Gasteiger partial charge on any atom is 0.268 e. The van der Waals surface area contributed by atoms with Crippen molar-refractivity contribution in [3.63, 3.8) is 0 Å². The molecule has 0 saturated carbocycles. The molecule has 0 aliphatic heterocycles. The molecule has 0 aliphatic carbocycles. The first kappa shape index (κ1) is 34.1. The van der Waals surface area contributed by atoms with E-state index in [0.717, 1.165) is 68.4 Å². The van der Waals surface area contributed by atoms with Crippen molar-refractivity contribution in [1.82, 2.24) is 14.1 Å². The van der Waals surface area contributed by atoms with Gasteiger partial charge >= 0.3 is 0 Å². The number of fused-ring (bicyclic) bond motifs is 3. The molecule has 0 N–H and O–H groups in total. The molecule has 55 heavy (non-hydrogen) atoms. The average molecular weight is 715 g/mol. The van der Waals surface area contributed by atoms with Gasteiger partial charge in [-0.3, -0.25) is 13.7 Å². The highest BCUT2D eigenvalue weighted by Crippen LogP contribution is 2.38. The second kappa shape index (κ2) is 13.9. The summed E-state index contributed by atoms with van der Waals surface area (Å²) in [6.45, 7) is 8.96. The van der Waals surface area contributed by atoms with Gasteiger partial charge in [0.25, 0.3) is 6.33 Å². The number of para-hydroxylation sites is 1. The molecular weight excluding hydrogens is 673 g/mol. The highest BCUT2D eigenvalue weighted by Gasteiger charge is 2.20. The molecule has 0 aliphatic rings. The van der Waals surface area contributed by atoms with E-state index in [4.69, 9.17) is 9.72 Å². The van der Waals surface area contributed by atoms with Gasteiger partial charge in [0, 0.05) is 35.4 Å². The third kappa shape index (κ3) is 6.48. The molecule has 0 amide bonds. The fraction of sp³-hybridized carbons (Fsp3) is 0.120. The zero-order valence-corrected chi connectivity index (χ0v) is 31.6. The second-order valence-corrected chi connectivity index (χ2v) is 15.0. The number of imidazole rings is 1. The number of pyridine rings is 1. The predicted octanol–water partition coefficient (Wildman–Crippen LogP) is 12.0. The lowest BCUT2D eigenvalue weighted by Gasteiger charge is -2.19. The minimum atomic E-state index is 0.0307. The summed E-state index contributed by atoms with van der Waals surface area (Å²) in [6.07, 6.45) is 10.6. The number of rotatable bonds is 8. The summed E-state index contributed by atoms with van der Waals surface area (Å²) in [5.74, 6) is 2.40. The van der Waals surface area contributed by atoms with E-state index in [-0.39, 0.29) is 5.41 Å². The summed E-state index contributed by atoms with van der Waals surface area (Å²) >= 11 is 0. The molecule has 0 bridgehead atoms. The van der Waals surface area contributed by atoms with Crippen molar-refractivity contribution in [2.45, 2.75) is 39.5 Å². The van der Waals surface area contributed by atoms with Crippen molar-refractivity contribution < 1.29 is 9.30 Å². The fourth-order valence-corrected chi connectivity index (χ4v) is 7.50. The number of aromatic nitrogens is 4. The molecule has 0 unspecified atom stereocenters. The Kier molecular flexibility index (Phi) is 8.63. The summed E-state index contributed by atoms with van der Waals surface area (Å²) in [6, 6.07) is 53.2. The Balaban J connectivity index is 1.10. The van der Waals surface area contributed by atoms with Gasteiger partial charge in [-0.15, -0.1) is 0 Å².